The monoisotopic (exact) mass is 681 g/mol. The molecule has 0 bridgehead atoms. The average molecular weight is 683 g/mol. The van der Waals surface area contributed by atoms with Crippen LogP contribution in [0.2, 0.25) is 0 Å². The van der Waals surface area contributed by atoms with Gasteiger partial charge in [0.05, 0.1) is 11.1 Å². The van der Waals surface area contributed by atoms with Crippen molar-refractivity contribution >= 4 is 59.1 Å². The van der Waals surface area contributed by atoms with E-state index in [0.717, 1.165) is 0 Å². The van der Waals surface area contributed by atoms with Crippen LogP contribution in [0.4, 0.5) is 5.69 Å². The van der Waals surface area contributed by atoms with Gasteiger partial charge in [0.2, 0.25) is 11.7 Å². The van der Waals surface area contributed by atoms with Gasteiger partial charge in [-0.1, -0.05) is 52.7 Å². The Morgan fingerprint density at radius 3 is 1.83 bits per heavy atom. The standard InChI is InChI=1S/C32H40ClN3O9.ClH/c1-5-17(3)27(34)31(40)44-12-10-42-22-9-7-8-20-25(22)30(39)26-21(29(20)38)14-19(36-24(37)16-33)15-23(26)43-11-13-45-32(41)28(35)18(4)6-2;/h7-9,14-15,17-18,27-28H,5-6,10-13,16,34-35H2,1-4H3,(H,36,37);1H/t17-,18-,27-,28-;/m0./s1. The number of amides is 1. The third kappa shape index (κ3) is 9.18. The molecule has 0 unspecified atom stereocenters. The molecular formula is C32H41Cl2N3O9. The van der Waals surface area contributed by atoms with Crippen LogP contribution in [-0.4, -0.2) is 73.8 Å². The number of rotatable bonds is 16. The minimum Gasteiger partial charge on any atom is -0.489 e. The molecule has 0 fully saturated rings. The van der Waals surface area contributed by atoms with E-state index in [0.29, 0.717) is 12.8 Å². The van der Waals surface area contributed by atoms with Crippen LogP contribution in [-0.2, 0) is 23.9 Å². The van der Waals surface area contributed by atoms with Gasteiger partial charge >= 0.3 is 11.9 Å². The van der Waals surface area contributed by atoms with E-state index >= 15 is 0 Å². The zero-order chi connectivity index (χ0) is 33.3. The second-order valence-electron chi connectivity index (χ2n) is 10.8. The summed E-state index contributed by atoms with van der Waals surface area (Å²) in [5.74, 6) is -3.15. The highest BCUT2D eigenvalue weighted by Crippen LogP contribution is 2.39. The van der Waals surface area contributed by atoms with Crippen LogP contribution in [0.25, 0.3) is 0 Å². The Kier molecular flexibility index (Phi) is 14.9. The van der Waals surface area contributed by atoms with Gasteiger partial charge in [0.15, 0.2) is 5.78 Å². The van der Waals surface area contributed by atoms with E-state index < -0.39 is 41.5 Å². The third-order valence-electron chi connectivity index (χ3n) is 7.71. The number of nitrogens with one attached hydrogen (secondary N) is 1. The molecule has 0 saturated carbocycles. The van der Waals surface area contributed by atoms with Gasteiger partial charge in [0.1, 0.15) is 55.9 Å². The molecule has 0 aromatic heterocycles. The second-order valence-corrected chi connectivity index (χ2v) is 11.0. The van der Waals surface area contributed by atoms with Crippen molar-refractivity contribution in [2.24, 2.45) is 23.3 Å². The highest BCUT2D eigenvalue weighted by molar-refractivity contribution is 6.31. The highest BCUT2D eigenvalue weighted by atomic mass is 35.5. The molecule has 252 valence electrons. The smallest absolute Gasteiger partial charge is 0.323 e. The van der Waals surface area contributed by atoms with Gasteiger partial charge in [0, 0.05) is 22.9 Å². The first kappa shape index (κ1) is 38.5. The highest BCUT2D eigenvalue weighted by Gasteiger charge is 2.36. The second kappa shape index (κ2) is 17.8. The third-order valence-corrected chi connectivity index (χ3v) is 7.95. The Morgan fingerprint density at radius 1 is 0.783 bits per heavy atom. The normalized spacial score (nSPS) is 14.4. The number of ether oxygens (including phenoxy) is 4. The molecule has 0 heterocycles. The van der Waals surface area contributed by atoms with E-state index in [2.05, 4.69) is 5.32 Å². The van der Waals surface area contributed by atoms with Crippen LogP contribution in [0, 0.1) is 11.8 Å². The van der Waals surface area contributed by atoms with Crippen LogP contribution < -0.4 is 26.3 Å². The van der Waals surface area contributed by atoms with Crippen LogP contribution in [0.1, 0.15) is 72.4 Å². The molecule has 0 aliphatic heterocycles. The minimum atomic E-state index is -0.800. The Hall–Kier alpha value is -3.71. The van der Waals surface area contributed by atoms with Gasteiger partial charge in [-0.15, -0.1) is 24.0 Å². The number of nitrogens with two attached hydrogens (primary N) is 2. The Morgan fingerprint density at radius 2 is 1.30 bits per heavy atom. The number of alkyl halides is 1. The van der Waals surface area contributed by atoms with Crippen molar-refractivity contribution in [3.8, 4) is 11.5 Å². The predicted molar refractivity (Wildman–Crippen MR) is 174 cm³/mol. The lowest BCUT2D eigenvalue weighted by Crippen LogP contribution is -2.38. The molecule has 2 aromatic carbocycles. The van der Waals surface area contributed by atoms with E-state index in [1.54, 1.807) is 6.07 Å². The molecule has 4 atom stereocenters. The first-order valence-electron chi connectivity index (χ1n) is 14.8. The largest absolute Gasteiger partial charge is 0.489 e. The van der Waals surface area contributed by atoms with Crippen molar-refractivity contribution in [3.63, 3.8) is 0 Å². The Labute approximate surface area is 279 Å². The number of halogens is 2. The Bertz CT molecular complexity index is 1440. The van der Waals surface area contributed by atoms with Crippen molar-refractivity contribution in [1.29, 1.82) is 0 Å². The minimum absolute atomic E-state index is 0. The van der Waals surface area contributed by atoms with E-state index in [9.17, 15) is 24.0 Å². The van der Waals surface area contributed by atoms with Crippen LogP contribution in [0.5, 0.6) is 11.5 Å². The number of fused-ring (bicyclic) bond motifs is 2. The molecule has 2 aromatic rings. The van der Waals surface area contributed by atoms with E-state index in [1.165, 1.54) is 24.3 Å². The van der Waals surface area contributed by atoms with Crippen molar-refractivity contribution in [3.05, 3.63) is 52.6 Å². The SMILES string of the molecule is CC[C@H](C)[C@H](N)C(=O)OCCOc1cccc2c1C(=O)c1c(OCCOC(=O)[C@@H](N)[C@@H](C)CC)cc(NC(=O)CCl)cc1C2=O.Cl. The summed E-state index contributed by atoms with van der Waals surface area (Å²) in [6, 6.07) is 5.76. The summed E-state index contributed by atoms with van der Waals surface area (Å²) in [6.45, 7) is 6.95. The van der Waals surface area contributed by atoms with Crippen LogP contribution in [0.15, 0.2) is 30.3 Å². The first-order valence-corrected chi connectivity index (χ1v) is 15.3. The maximum Gasteiger partial charge on any atom is 0.323 e. The number of carbonyl (C=O) groups excluding carboxylic acids is 5. The number of esters is 2. The number of benzene rings is 2. The van der Waals surface area contributed by atoms with Gasteiger partial charge in [-0.2, -0.15) is 0 Å². The lowest BCUT2D eigenvalue weighted by Gasteiger charge is -2.23. The van der Waals surface area contributed by atoms with Crippen molar-refractivity contribution in [2.45, 2.75) is 52.6 Å². The number of carbonyl (C=O) groups is 5. The van der Waals surface area contributed by atoms with Gasteiger partial charge in [-0.25, -0.2) is 0 Å². The maximum absolute atomic E-state index is 13.9. The summed E-state index contributed by atoms with van der Waals surface area (Å²) < 4.78 is 22.1. The fourth-order valence-corrected chi connectivity index (χ4v) is 4.57. The quantitative estimate of drug-likeness (QED) is 0.114. The molecule has 5 N–H and O–H groups in total. The topological polar surface area (TPSA) is 186 Å². The molecule has 1 aliphatic carbocycles. The molecule has 3 rings (SSSR count). The Balaban J connectivity index is 0.00000736. The summed E-state index contributed by atoms with van der Waals surface area (Å²) in [6.07, 6.45) is 1.41. The summed E-state index contributed by atoms with van der Waals surface area (Å²) in [4.78, 5) is 64.1. The fraction of sp³-hybridized carbons (Fsp3) is 0.469. The van der Waals surface area contributed by atoms with E-state index in [1.807, 2.05) is 27.7 Å². The molecule has 0 radical (unpaired) electrons. The lowest BCUT2D eigenvalue weighted by atomic mass is 9.82. The summed E-state index contributed by atoms with van der Waals surface area (Å²) >= 11 is 5.65. The summed E-state index contributed by atoms with van der Waals surface area (Å²) in [7, 11) is 0. The van der Waals surface area contributed by atoms with Crippen molar-refractivity contribution in [2.75, 3.05) is 37.6 Å². The lowest BCUT2D eigenvalue weighted by molar-refractivity contribution is -0.148. The maximum atomic E-state index is 13.9. The van der Waals surface area contributed by atoms with Gasteiger partial charge in [0.25, 0.3) is 0 Å². The zero-order valence-corrected chi connectivity index (χ0v) is 27.8. The summed E-state index contributed by atoms with van der Waals surface area (Å²) in [5.41, 5.74) is 12.1. The van der Waals surface area contributed by atoms with Crippen LogP contribution in [0.3, 0.4) is 0 Å². The molecule has 1 amide bonds. The van der Waals surface area contributed by atoms with Crippen molar-refractivity contribution < 1.29 is 42.9 Å². The summed E-state index contributed by atoms with van der Waals surface area (Å²) in [5, 5.41) is 2.57. The van der Waals surface area contributed by atoms with Crippen molar-refractivity contribution in [1.82, 2.24) is 0 Å². The number of ketones is 2. The molecular weight excluding hydrogens is 641 g/mol. The number of anilines is 1. The number of hydrogen-bond acceptors (Lipinski definition) is 11. The number of hydrogen-bond donors (Lipinski definition) is 3. The fourth-order valence-electron chi connectivity index (χ4n) is 4.51. The van der Waals surface area contributed by atoms with Gasteiger partial charge in [-0.3, -0.25) is 24.0 Å². The first-order chi connectivity index (χ1) is 21.4. The van der Waals surface area contributed by atoms with Crippen LogP contribution >= 0.6 is 24.0 Å². The van der Waals surface area contributed by atoms with Gasteiger partial charge in [-0.05, 0) is 24.0 Å². The molecule has 46 heavy (non-hydrogen) atoms. The molecule has 0 saturated heterocycles. The average Bonchev–Trinajstić information content (AvgIpc) is 3.05. The molecule has 1 aliphatic rings. The van der Waals surface area contributed by atoms with E-state index in [4.69, 9.17) is 42.0 Å². The molecule has 12 nitrogen and oxygen atoms in total. The predicted octanol–water partition coefficient (Wildman–Crippen LogP) is 3.65. The zero-order valence-electron chi connectivity index (χ0n) is 26.3. The van der Waals surface area contributed by atoms with E-state index in [-0.39, 0.29) is 96.0 Å². The van der Waals surface area contributed by atoms with Gasteiger partial charge < -0.3 is 35.7 Å². The molecule has 14 heteroatoms. The molecule has 0 spiro atoms.